The van der Waals surface area contributed by atoms with Crippen LogP contribution in [0.15, 0.2) is 71.8 Å². The predicted octanol–water partition coefficient (Wildman–Crippen LogP) is 5.34. The standard InChI is InChI=1S/C29H37N5O6/c1-21(2)8-7-9-22(3)18-28(30-14-16-40-17-15-30)31-26(23-10-5-4-6-11-23)20-29(35)32(31)25-13-12-24(33(36)37)19-27(25)34(38)39/h4-6,8,10-13,18-19,26,28-29,35H,7,9,14-17,20H2,1-3H3/b22-18-. The van der Waals surface area contributed by atoms with Crippen molar-refractivity contribution in [3.8, 4) is 0 Å². The van der Waals surface area contributed by atoms with Crippen LogP contribution in [-0.2, 0) is 4.74 Å². The topological polar surface area (TPSA) is 125 Å². The van der Waals surface area contributed by atoms with Gasteiger partial charge in [-0.2, -0.15) is 5.01 Å². The fraction of sp³-hybridized carbons (Fsp3) is 0.448. The highest BCUT2D eigenvalue weighted by Crippen LogP contribution is 2.45. The number of ether oxygens (including phenoxy) is 1. The Labute approximate surface area is 234 Å². The minimum Gasteiger partial charge on any atom is -0.379 e. The van der Waals surface area contributed by atoms with Crippen LogP contribution in [0.3, 0.4) is 0 Å². The van der Waals surface area contributed by atoms with Crippen molar-refractivity contribution < 1.29 is 19.7 Å². The molecule has 0 saturated carbocycles. The Morgan fingerprint density at radius 1 is 1.07 bits per heavy atom. The number of non-ortho nitro benzene ring substituents is 1. The molecule has 1 N–H and O–H groups in total. The van der Waals surface area contributed by atoms with E-state index in [1.165, 1.54) is 17.7 Å². The van der Waals surface area contributed by atoms with Crippen molar-refractivity contribution in [1.82, 2.24) is 9.91 Å². The van der Waals surface area contributed by atoms with Gasteiger partial charge in [0.05, 0.1) is 35.2 Å². The van der Waals surface area contributed by atoms with Crippen LogP contribution in [0.4, 0.5) is 17.1 Å². The number of hydrogen-bond donors (Lipinski definition) is 1. The second-order valence-corrected chi connectivity index (χ2v) is 10.4. The molecule has 0 spiro atoms. The molecule has 4 rings (SSSR count). The van der Waals surface area contributed by atoms with E-state index in [2.05, 4.69) is 37.8 Å². The van der Waals surface area contributed by atoms with Gasteiger partial charge in [-0.05, 0) is 45.2 Å². The van der Waals surface area contributed by atoms with Gasteiger partial charge in [0.2, 0.25) is 0 Å². The number of nitro groups is 2. The fourth-order valence-electron chi connectivity index (χ4n) is 5.36. The Kier molecular flexibility index (Phi) is 9.64. The molecule has 2 aromatic rings. The van der Waals surface area contributed by atoms with Gasteiger partial charge >= 0.3 is 5.69 Å². The maximum absolute atomic E-state index is 12.2. The summed E-state index contributed by atoms with van der Waals surface area (Å²) in [4.78, 5) is 24.5. The average molecular weight is 552 g/mol. The predicted molar refractivity (Wildman–Crippen MR) is 152 cm³/mol. The first-order chi connectivity index (χ1) is 19.2. The molecule has 0 bridgehead atoms. The molecule has 2 fully saturated rings. The molecule has 2 heterocycles. The lowest BCUT2D eigenvalue weighted by molar-refractivity contribution is -0.393. The summed E-state index contributed by atoms with van der Waals surface area (Å²) in [5.74, 6) is 0. The highest BCUT2D eigenvalue weighted by atomic mass is 16.6. The van der Waals surface area contributed by atoms with E-state index in [4.69, 9.17) is 4.74 Å². The molecule has 0 aromatic heterocycles. The number of aliphatic hydroxyl groups excluding tert-OH is 1. The number of hydrazine groups is 1. The fourth-order valence-corrected chi connectivity index (χ4v) is 5.36. The number of anilines is 1. The van der Waals surface area contributed by atoms with Crippen molar-refractivity contribution in [3.63, 3.8) is 0 Å². The SMILES string of the molecule is CC(C)=CCC/C(C)=C\C(N1CCOCC1)N1C(c2ccccc2)CC(O)N1c1ccc([N+](=O)[O-])cc1[N+](=O)[O-]. The van der Waals surface area contributed by atoms with Gasteiger partial charge in [-0.1, -0.05) is 53.6 Å². The van der Waals surface area contributed by atoms with E-state index in [1.54, 1.807) is 5.01 Å². The third-order valence-electron chi connectivity index (χ3n) is 7.30. The summed E-state index contributed by atoms with van der Waals surface area (Å²) in [5, 5.41) is 38.6. The van der Waals surface area contributed by atoms with Crippen molar-refractivity contribution in [2.45, 2.75) is 58.5 Å². The Hall–Kier alpha value is -3.64. The van der Waals surface area contributed by atoms with Crippen molar-refractivity contribution in [2.24, 2.45) is 0 Å². The first-order valence-corrected chi connectivity index (χ1v) is 13.5. The van der Waals surface area contributed by atoms with E-state index in [0.717, 1.165) is 30.0 Å². The summed E-state index contributed by atoms with van der Waals surface area (Å²) >= 11 is 0. The summed E-state index contributed by atoms with van der Waals surface area (Å²) < 4.78 is 5.63. The lowest BCUT2D eigenvalue weighted by Crippen LogP contribution is -2.57. The number of rotatable bonds is 10. The van der Waals surface area contributed by atoms with E-state index in [9.17, 15) is 25.3 Å². The number of nitrogens with zero attached hydrogens (tertiary/aromatic N) is 5. The third-order valence-corrected chi connectivity index (χ3v) is 7.30. The van der Waals surface area contributed by atoms with Crippen molar-refractivity contribution >= 4 is 17.1 Å². The van der Waals surface area contributed by atoms with Crippen molar-refractivity contribution in [2.75, 3.05) is 31.3 Å². The van der Waals surface area contributed by atoms with Crippen LogP contribution in [0.25, 0.3) is 0 Å². The van der Waals surface area contributed by atoms with E-state index in [0.29, 0.717) is 32.7 Å². The summed E-state index contributed by atoms with van der Waals surface area (Å²) in [7, 11) is 0. The molecule has 3 atom stereocenters. The van der Waals surface area contributed by atoms with Crippen LogP contribution >= 0.6 is 0 Å². The summed E-state index contributed by atoms with van der Waals surface area (Å²) in [6.07, 6.45) is 4.95. The van der Waals surface area contributed by atoms with Gasteiger partial charge in [-0.25, -0.2) is 0 Å². The number of allylic oxidation sites excluding steroid dienone is 3. The molecule has 2 aliphatic rings. The van der Waals surface area contributed by atoms with E-state index in [-0.39, 0.29) is 23.6 Å². The Morgan fingerprint density at radius 3 is 2.40 bits per heavy atom. The van der Waals surface area contributed by atoms with E-state index < -0.39 is 21.8 Å². The second kappa shape index (κ2) is 13.1. The minimum absolute atomic E-state index is 0.107. The molecule has 11 nitrogen and oxygen atoms in total. The van der Waals surface area contributed by atoms with E-state index in [1.807, 2.05) is 35.3 Å². The van der Waals surface area contributed by atoms with Gasteiger partial charge in [-0.15, -0.1) is 0 Å². The molecule has 0 amide bonds. The van der Waals surface area contributed by atoms with Gasteiger partial charge in [0.15, 0.2) is 0 Å². The van der Waals surface area contributed by atoms with Crippen molar-refractivity contribution in [3.05, 3.63) is 97.6 Å². The van der Waals surface area contributed by atoms with Crippen LogP contribution in [0.1, 0.15) is 51.6 Å². The summed E-state index contributed by atoms with van der Waals surface area (Å²) in [6, 6.07) is 13.0. The number of benzene rings is 2. The van der Waals surface area contributed by atoms with Crippen LogP contribution in [0.5, 0.6) is 0 Å². The van der Waals surface area contributed by atoms with Crippen LogP contribution in [-0.4, -0.2) is 63.6 Å². The number of hydrogen-bond acceptors (Lipinski definition) is 9. The van der Waals surface area contributed by atoms with Crippen LogP contribution in [0, 0.1) is 20.2 Å². The monoisotopic (exact) mass is 551 g/mol. The smallest absolute Gasteiger partial charge is 0.300 e. The molecular formula is C29H37N5O6. The van der Waals surface area contributed by atoms with Gasteiger partial charge in [0.25, 0.3) is 5.69 Å². The Balaban J connectivity index is 1.86. The minimum atomic E-state index is -1.09. The Bertz CT molecular complexity index is 1260. The maximum Gasteiger partial charge on any atom is 0.300 e. The molecule has 2 aliphatic heterocycles. The van der Waals surface area contributed by atoms with E-state index >= 15 is 0 Å². The van der Waals surface area contributed by atoms with Crippen LogP contribution < -0.4 is 5.01 Å². The molecule has 2 aromatic carbocycles. The first kappa shape index (κ1) is 29.3. The number of aliphatic hydroxyl groups is 1. The first-order valence-electron chi connectivity index (χ1n) is 13.5. The summed E-state index contributed by atoms with van der Waals surface area (Å²) in [5.41, 5.74) is 2.66. The molecular weight excluding hydrogens is 514 g/mol. The van der Waals surface area contributed by atoms with Gasteiger partial charge in [-0.3, -0.25) is 30.1 Å². The van der Waals surface area contributed by atoms with Crippen LogP contribution in [0.2, 0.25) is 0 Å². The average Bonchev–Trinajstić information content (AvgIpc) is 3.28. The normalized spacial score (nSPS) is 21.3. The molecule has 3 unspecified atom stereocenters. The highest BCUT2D eigenvalue weighted by molar-refractivity contribution is 5.67. The third kappa shape index (κ3) is 6.73. The molecule has 0 aliphatic carbocycles. The zero-order valence-electron chi connectivity index (χ0n) is 23.2. The molecule has 214 valence electrons. The number of nitro benzene ring substituents is 2. The van der Waals surface area contributed by atoms with Gasteiger partial charge in [0, 0.05) is 25.6 Å². The van der Waals surface area contributed by atoms with Gasteiger partial charge < -0.3 is 9.84 Å². The highest BCUT2D eigenvalue weighted by Gasteiger charge is 2.46. The zero-order chi connectivity index (χ0) is 28.8. The zero-order valence-corrected chi connectivity index (χ0v) is 23.2. The maximum atomic E-state index is 12.2. The number of morpholine rings is 1. The Morgan fingerprint density at radius 2 is 1.77 bits per heavy atom. The molecule has 11 heteroatoms. The van der Waals surface area contributed by atoms with Crippen molar-refractivity contribution in [1.29, 1.82) is 0 Å². The quantitative estimate of drug-likeness (QED) is 0.236. The van der Waals surface area contributed by atoms with Gasteiger partial charge in [0.1, 0.15) is 18.1 Å². The lowest BCUT2D eigenvalue weighted by Gasteiger charge is -2.45. The lowest BCUT2D eigenvalue weighted by atomic mass is 10.0. The molecule has 0 radical (unpaired) electrons. The second-order valence-electron chi connectivity index (χ2n) is 10.4. The largest absolute Gasteiger partial charge is 0.379 e. The summed E-state index contributed by atoms with van der Waals surface area (Å²) in [6.45, 7) is 8.60. The molecule has 2 saturated heterocycles. The molecule has 40 heavy (non-hydrogen) atoms.